The van der Waals surface area contributed by atoms with Crippen molar-refractivity contribution >= 4 is 26.8 Å². The van der Waals surface area contributed by atoms with E-state index in [2.05, 4.69) is 46.2 Å². The summed E-state index contributed by atoms with van der Waals surface area (Å²) in [5.74, 6) is 0.467. The summed E-state index contributed by atoms with van der Waals surface area (Å²) in [6.07, 6.45) is 1.00. The third kappa shape index (κ3) is 1.87. The molecular formula is C12H16BrN3. The summed E-state index contributed by atoms with van der Waals surface area (Å²) in [7, 11) is 1.96. The van der Waals surface area contributed by atoms with E-state index >= 15 is 0 Å². The Hall–Kier alpha value is -0.870. The number of benzene rings is 1. The van der Waals surface area contributed by atoms with Crippen LogP contribution in [-0.4, -0.2) is 16.3 Å². The van der Waals surface area contributed by atoms with Crippen LogP contribution in [0.15, 0.2) is 22.8 Å². The molecule has 1 aromatic heterocycles. The van der Waals surface area contributed by atoms with Gasteiger partial charge >= 0.3 is 0 Å². The number of rotatable bonds is 3. The van der Waals surface area contributed by atoms with Gasteiger partial charge in [0.1, 0.15) is 4.60 Å². The van der Waals surface area contributed by atoms with Crippen molar-refractivity contribution in [1.82, 2.24) is 9.78 Å². The number of fused-ring (bicyclic) bond motifs is 1. The van der Waals surface area contributed by atoms with Crippen LogP contribution in [0.4, 0.5) is 0 Å². The lowest BCUT2D eigenvalue weighted by Gasteiger charge is -2.11. The second-order valence-corrected chi connectivity index (χ2v) is 4.89. The summed E-state index contributed by atoms with van der Waals surface area (Å²) in [4.78, 5) is 0. The maximum absolute atomic E-state index is 5.62. The van der Waals surface area contributed by atoms with Gasteiger partial charge in [0.2, 0.25) is 0 Å². The van der Waals surface area contributed by atoms with Crippen LogP contribution in [0.25, 0.3) is 10.9 Å². The Bertz CT molecular complexity index is 504. The second-order valence-electron chi connectivity index (χ2n) is 4.13. The van der Waals surface area contributed by atoms with E-state index < -0.39 is 0 Å². The number of aryl methyl sites for hydroxylation is 1. The SMILES string of the molecule is CC(CCN)c1cccc2c1c(Br)nn2C. The van der Waals surface area contributed by atoms with Crippen LogP contribution in [0, 0.1) is 0 Å². The summed E-state index contributed by atoms with van der Waals surface area (Å²) < 4.78 is 2.82. The molecule has 1 atom stereocenters. The van der Waals surface area contributed by atoms with E-state index in [1.165, 1.54) is 10.9 Å². The zero-order valence-corrected chi connectivity index (χ0v) is 11.2. The number of hydrogen-bond donors (Lipinski definition) is 1. The molecule has 0 aliphatic rings. The lowest BCUT2D eigenvalue weighted by Crippen LogP contribution is -2.04. The molecule has 0 aliphatic heterocycles. The maximum atomic E-state index is 5.62. The molecule has 0 radical (unpaired) electrons. The summed E-state index contributed by atoms with van der Waals surface area (Å²) >= 11 is 3.52. The third-order valence-corrected chi connectivity index (χ3v) is 3.55. The number of aromatic nitrogens is 2. The van der Waals surface area contributed by atoms with Crippen molar-refractivity contribution in [3.05, 3.63) is 28.4 Å². The van der Waals surface area contributed by atoms with Crippen LogP contribution in [0.1, 0.15) is 24.8 Å². The van der Waals surface area contributed by atoms with E-state index in [1.54, 1.807) is 0 Å². The van der Waals surface area contributed by atoms with Gasteiger partial charge in [0, 0.05) is 12.4 Å². The van der Waals surface area contributed by atoms with Crippen molar-refractivity contribution in [2.45, 2.75) is 19.3 Å². The number of hydrogen-bond acceptors (Lipinski definition) is 2. The zero-order chi connectivity index (χ0) is 11.7. The van der Waals surface area contributed by atoms with Gasteiger partial charge in [0.25, 0.3) is 0 Å². The largest absolute Gasteiger partial charge is 0.330 e. The highest BCUT2D eigenvalue weighted by Gasteiger charge is 2.14. The van der Waals surface area contributed by atoms with Crippen LogP contribution < -0.4 is 5.73 Å². The van der Waals surface area contributed by atoms with Gasteiger partial charge in [0.05, 0.1) is 5.52 Å². The minimum Gasteiger partial charge on any atom is -0.330 e. The average Bonchev–Trinajstić information content (AvgIpc) is 2.55. The molecule has 0 saturated heterocycles. The first-order valence-corrected chi connectivity index (χ1v) is 6.25. The quantitative estimate of drug-likeness (QED) is 0.940. The zero-order valence-electron chi connectivity index (χ0n) is 9.57. The molecule has 1 heterocycles. The van der Waals surface area contributed by atoms with Crippen LogP contribution in [0.2, 0.25) is 0 Å². The highest BCUT2D eigenvalue weighted by Crippen LogP contribution is 2.32. The van der Waals surface area contributed by atoms with E-state index in [0.29, 0.717) is 5.92 Å². The van der Waals surface area contributed by atoms with Crippen LogP contribution in [0.3, 0.4) is 0 Å². The molecule has 2 N–H and O–H groups in total. The molecule has 0 saturated carbocycles. The minimum atomic E-state index is 0.467. The third-order valence-electron chi connectivity index (χ3n) is 3.00. The Morgan fingerprint density at radius 3 is 2.94 bits per heavy atom. The number of halogens is 1. The molecule has 3 nitrogen and oxygen atoms in total. The first-order chi connectivity index (χ1) is 7.65. The van der Waals surface area contributed by atoms with Gasteiger partial charge in [0.15, 0.2) is 0 Å². The first-order valence-electron chi connectivity index (χ1n) is 5.46. The van der Waals surface area contributed by atoms with Crippen molar-refractivity contribution < 1.29 is 0 Å². The predicted molar refractivity (Wildman–Crippen MR) is 70.5 cm³/mol. The monoisotopic (exact) mass is 281 g/mol. The first kappa shape index (κ1) is 11.6. The molecule has 1 aromatic carbocycles. The Morgan fingerprint density at radius 2 is 2.25 bits per heavy atom. The molecule has 4 heteroatoms. The van der Waals surface area contributed by atoms with Gasteiger partial charge in [-0.2, -0.15) is 5.10 Å². The van der Waals surface area contributed by atoms with E-state index in [0.717, 1.165) is 23.1 Å². The Kier molecular flexibility index (Phi) is 3.30. The normalized spacial score (nSPS) is 13.2. The smallest absolute Gasteiger partial charge is 0.136 e. The standard InChI is InChI=1S/C12H16BrN3/c1-8(6-7-14)9-4-3-5-10-11(9)12(13)15-16(10)2/h3-5,8H,6-7,14H2,1-2H3. The molecule has 0 spiro atoms. The topological polar surface area (TPSA) is 43.8 Å². The van der Waals surface area contributed by atoms with Gasteiger partial charge in [-0.25, -0.2) is 0 Å². The molecule has 0 amide bonds. The van der Waals surface area contributed by atoms with Crippen LogP contribution in [0.5, 0.6) is 0 Å². The maximum Gasteiger partial charge on any atom is 0.136 e. The average molecular weight is 282 g/mol. The molecule has 2 aromatic rings. The summed E-state index contributed by atoms with van der Waals surface area (Å²) in [5.41, 5.74) is 8.10. The highest BCUT2D eigenvalue weighted by molar-refractivity contribution is 9.10. The highest BCUT2D eigenvalue weighted by atomic mass is 79.9. The fourth-order valence-corrected chi connectivity index (χ4v) is 2.77. The molecule has 0 fully saturated rings. The van der Waals surface area contributed by atoms with E-state index in [9.17, 15) is 0 Å². The molecular weight excluding hydrogens is 266 g/mol. The van der Waals surface area contributed by atoms with E-state index in [-0.39, 0.29) is 0 Å². The van der Waals surface area contributed by atoms with Crippen molar-refractivity contribution in [2.75, 3.05) is 6.54 Å². The fourth-order valence-electron chi connectivity index (χ4n) is 2.10. The summed E-state index contributed by atoms with van der Waals surface area (Å²) in [6, 6.07) is 6.33. The minimum absolute atomic E-state index is 0.467. The van der Waals surface area contributed by atoms with Gasteiger partial charge in [-0.15, -0.1) is 0 Å². The Morgan fingerprint density at radius 1 is 1.50 bits per heavy atom. The Balaban J connectivity index is 2.61. The van der Waals surface area contributed by atoms with Crippen LogP contribution >= 0.6 is 15.9 Å². The molecule has 1 unspecified atom stereocenters. The van der Waals surface area contributed by atoms with Gasteiger partial charge in [-0.3, -0.25) is 4.68 Å². The lowest BCUT2D eigenvalue weighted by molar-refractivity contribution is 0.695. The molecule has 2 rings (SSSR count). The fraction of sp³-hybridized carbons (Fsp3) is 0.417. The van der Waals surface area contributed by atoms with E-state index in [1.807, 2.05) is 11.7 Å². The molecule has 0 bridgehead atoms. The van der Waals surface area contributed by atoms with Gasteiger partial charge in [-0.05, 0) is 46.4 Å². The van der Waals surface area contributed by atoms with Crippen molar-refractivity contribution in [3.8, 4) is 0 Å². The van der Waals surface area contributed by atoms with Crippen LogP contribution in [-0.2, 0) is 7.05 Å². The Labute approximate surface area is 104 Å². The molecule has 16 heavy (non-hydrogen) atoms. The lowest BCUT2D eigenvalue weighted by atomic mass is 9.95. The van der Waals surface area contributed by atoms with Crippen molar-refractivity contribution in [2.24, 2.45) is 12.8 Å². The molecule has 0 aliphatic carbocycles. The number of nitrogens with two attached hydrogens (primary N) is 1. The summed E-state index contributed by atoms with van der Waals surface area (Å²) in [5, 5.41) is 5.61. The summed E-state index contributed by atoms with van der Waals surface area (Å²) in [6.45, 7) is 2.93. The predicted octanol–water partition coefficient (Wildman–Crippen LogP) is 2.79. The van der Waals surface area contributed by atoms with Gasteiger partial charge in [-0.1, -0.05) is 19.1 Å². The van der Waals surface area contributed by atoms with Crippen molar-refractivity contribution in [3.63, 3.8) is 0 Å². The second kappa shape index (κ2) is 4.55. The number of nitrogens with zero attached hydrogens (tertiary/aromatic N) is 2. The van der Waals surface area contributed by atoms with Gasteiger partial charge < -0.3 is 5.73 Å². The molecule has 86 valence electrons. The van der Waals surface area contributed by atoms with Crippen molar-refractivity contribution in [1.29, 1.82) is 0 Å². The van der Waals surface area contributed by atoms with E-state index in [4.69, 9.17) is 5.73 Å².